The molecule has 146 valence electrons. The normalized spacial score (nSPS) is 13.1. The molecule has 0 aliphatic rings. The first-order valence-electron chi connectivity index (χ1n) is 8.18. The monoisotopic (exact) mass is 445 g/mol. The summed E-state index contributed by atoms with van der Waals surface area (Å²) < 4.78 is 44.2. The van der Waals surface area contributed by atoms with E-state index >= 15 is 0 Å². The number of aromatic nitrogens is 2. The van der Waals surface area contributed by atoms with Crippen molar-refractivity contribution in [2.24, 2.45) is 0 Å². The van der Waals surface area contributed by atoms with Gasteiger partial charge in [-0.3, -0.25) is 9.78 Å². The van der Waals surface area contributed by atoms with Gasteiger partial charge in [0, 0.05) is 18.3 Å². The Labute approximate surface area is 163 Å². The van der Waals surface area contributed by atoms with Gasteiger partial charge in [-0.1, -0.05) is 13.0 Å². The topological polar surface area (TPSA) is 64.1 Å². The van der Waals surface area contributed by atoms with Crippen molar-refractivity contribution in [3.63, 3.8) is 0 Å². The van der Waals surface area contributed by atoms with Crippen molar-refractivity contribution < 1.29 is 22.7 Å². The van der Waals surface area contributed by atoms with Crippen molar-refractivity contribution >= 4 is 21.8 Å². The standard InChI is InChI=1S/C18H19BrF3N3O2/c1-4-12(16(26)25-17(2,3)13-7-5-6-8-23-13)27-11-9-14(18(20,21)22)24-15(19)10-11/h5-10,12H,4H2,1-3H3,(H,25,26). The number of rotatable bonds is 6. The Balaban J connectivity index is 2.17. The van der Waals surface area contributed by atoms with Crippen molar-refractivity contribution in [2.75, 3.05) is 0 Å². The quantitative estimate of drug-likeness (QED) is 0.666. The van der Waals surface area contributed by atoms with Crippen LogP contribution in [-0.2, 0) is 16.5 Å². The van der Waals surface area contributed by atoms with Crippen LogP contribution in [0, 0.1) is 0 Å². The van der Waals surface area contributed by atoms with Crippen molar-refractivity contribution in [3.8, 4) is 5.75 Å². The van der Waals surface area contributed by atoms with Crippen molar-refractivity contribution in [1.29, 1.82) is 0 Å². The van der Waals surface area contributed by atoms with Crippen LogP contribution in [-0.4, -0.2) is 22.0 Å². The molecule has 0 radical (unpaired) electrons. The van der Waals surface area contributed by atoms with Gasteiger partial charge in [0.15, 0.2) is 6.10 Å². The Hall–Kier alpha value is -2.16. The zero-order chi connectivity index (χ0) is 20.2. The van der Waals surface area contributed by atoms with E-state index in [1.165, 1.54) is 6.07 Å². The van der Waals surface area contributed by atoms with Gasteiger partial charge >= 0.3 is 6.18 Å². The van der Waals surface area contributed by atoms with Crippen LogP contribution in [0.1, 0.15) is 38.6 Å². The molecule has 9 heteroatoms. The maximum absolute atomic E-state index is 12.9. The summed E-state index contributed by atoms with van der Waals surface area (Å²) in [4.78, 5) is 20.2. The second-order valence-corrected chi connectivity index (χ2v) is 7.17. The highest BCUT2D eigenvalue weighted by molar-refractivity contribution is 9.10. The molecule has 0 aliphatic carbocycles. The molecule has 2 aromatic rings. The lowest BCUT2D eigenvalue weighted by atomic mass is 9.99. The maximum Gasteiger partial charge on any atom is 0.433 e. The average Bonchev–Trinajstić information content (AvgIpc) is 2.58. The Morgan fingerprint density at radius 2 is 1.96 bits per heavy atom. The second-order valence-electron chi connectivity index (χ2n) is 6.35. The third kappa shape index (κ3) is 5.66. The summed E-state index contributed by atoms with van der Waals surface area (Å²) in [6.45, 7) is 5.27. The predicted octanol–water partition coefficient (Wildman–Crippen LogP) is 4.47. The zero-order valence-corrected chi connectivity index (χ0v) is 16.6. The predicted molar refractivity (Wildman–Crippen MR) is 97.1 cm³/mol. The van der Waals surface area contributed by atoms with Crippen molar-refractivity contribution in [1.82, 2.24) is 15.3 Å². The van der Waals surface area contributed by atoms with Gasteiger partial charge in [0.05, 0.1) is 11.2 Å². The molecule has 0 saturated carbocycles. The molecule has 0 saturated heterocycles. The molecule has 5 nitrogen and oxygen atoms in total. The summed E-state index contributed by atoms with van der Waals surface area (Å²) >= 11 is 2.93. The number of alkyl halides is 3. The Morgan fingerprint density at radius 3 is 2.52 bits per heavy atom. The molecule has 1 atom stereocenters. The summed E-state index contributed by atoms with van der Waals surface area (Å²) in [5.74, 6) is -0.545. The number of carbonyl (C=O) groups is 1. The number of nitrogens with zero attached hydrogens (tertiary/aromatic N) is 2. The third-order valence-electron chi connectivity index (χ3n) is 3.74. The molecule has 0 bridgehead atoms. The minimum absolute atomic E-state index is 0.0311. The van der Waals surface area contributed by atoms with E-state index in [-0.39, 0.29) is 16.8 Å². The molecule has 1 unspecified atom stereocenters. The van der Waals surface area contributed by atoms with Crippen LogP contribution in [0.15, 0.2) is 41.1 Å². The van der Waals surface area contributed by atoms with Gasteiger partial charge in [0.1, 0.15) is 16.0 Å². The minimum atomic E-state index is -4.62. The highest BCUT2D eigenvalue weighted by atomic mass is 79.9. The van der Waals surface area contributed by atoms with Crippen molar-refractivity contribution in [3.05, 3.63) is 52.5 Å². The smallest absolute Gasteiger partial charge is 0.433 e. The first-order valence-corrected chi connectivity index (χ1v) is 8.97. The summed E-state index contributed by atoms with van der Waals surface area (Å²) in [7, 11) is 0. The van der Waals surface area contributed by atoms with Gasteiger partial charge < -0.3 is 10.1 Å². The van der Waals surface area contributed by atoms with Gasteiger partial charge in [-0.25, -0.2) is 4.98 Å². The molecular weight excluding hydrogens is 427 g/mol. The van der Waals surface area contributed by atoms with E-state index in [9.17, 15) is 18.0 Å². The lowest BCUT2D eigenvalue weighted by Gasteiger charge is -2.28. The number of hydrogen-bond donors (Lipinski definition) is 1. The van der Waals surface area contributed by atoms with E-state index in [1.54, 1.807) is 45.2 Å². The van der Waals surface area contributed by atoms with Crippen LogP contribution in [0.5, 0.6) is 5.75 Å². The van der Waals surface area contributed by atoms with Crippen molar-refractivity contribution in [2.45, 2.75) is 45.0 Å². The van der Waals surface area contributed by atoms with Crippen LogP contribution in [0.25, 0.3) is 0 Å². The fraction of sp³-hybridized carbons (Fsp3) is 0.389. The Bertz CT molecular complexity index is 798. The molecule has 1 amide bonds. The first-order chi connectivity index (χ1) is 12.5. The van der Waals surface area contributed by atoms with Gasteiger partial charge in [0.2, 0.25) is 0 Å². The molecular formula is C18H19BrF3N3O2. The number of amides is 1. The molecule has 0 aliphatic heterocycles. The van der Waals surface area contributed by atoms with Crippen LogP contribution in [0.4, 0.5) is 13.2 Å². The average molecular weight is 446 g/mol. The Kier molecular flexibility index (Phi) is 6.46. The summed E-state index contributed by atoms with van der Waals surface area (Å²) in [6.07, 6.45) is -3.70. The van der Waals surface area contributed by atoms with Gasteiger partial charge in [-0.15, -0.1) is 0 Å². The van der Waals surface area contributed by atoms with Crippen LogP contribution < -0.4 is 10.1 Å². The number of hydrogen-bond acceptors (Lipinski definition) is 4. The fourth-order valence-corrected chi connectivity index (χ4v) is 2.77. The molecule has 0 spiro atoms. The second kappa shape index (κ2) is 8.24. The number of pyridine rings is 2. The molecule has 0 fully saturated rings. The molecule has 0 aromatic carbocycles. The van der Waals surface area contributed by atoms with Gasteiger partial charge in [-0.2, -0.15) is 13.2 Å². The highest BCUT2D eigenvalue weighted by Gasteiger charge is 2.34. The summed E-state index contributed by atoms with van der Waals surface area (Å²) in [5, 5.41) is 2.83. The van der Waals surface area contributed by atoms with E-state index in [2.05, 4.69) is 31.2 Å². The highest BCUT2D eigenvalue weighted by Crippen LogP contribution is 2.32. The molecule has 27 heavy (non-hydrogen) atoms. The number of nitrogens with one attached hydrogen (secondary N) is 1. The lowest BCUT2D eigenvalue weighted by Crippen LogP contribution is -2.47. The molecule has 2 heterocycles. The number of ether oxygens (including phenoxy) is 1. The minimum Gasteiger partial charge on any atom is -0.480 e. The fourth-order valence-electron chi connectivity index (χ4n) is 2.36. The van der Waals surface area contributed by atoms with Gasteiger partial charge in [-0.05, 0) is 48.3 Å². The number of halogens is 4. The van der Waals surface area contributed by atoms with E-state index in [4.69, 9.17) is 4.74 Å². The number of carbonyl (C=O) groups excluding carboxylic acids is 1. The van der Waals surface area contributed by atoms with Gasteiger partial charge in [0.25, 0.3) is 5.91 Å². The first kappa shape index (κ1) is 21.1. The summed E-state index contributed by atoms with van der Waals surface area (Å²) in [5.41, 5.74) is -1.22. The van der Waals surface area contributed by atoms with Crippen LogP contribution >= 0.6 is 15.9 Å². The van der Waals surface area contributed by atoms with E-state index in [0.717, 1.165) is 6.07 Å². The molecule has 2 rings (SSSR count). The third-order valence-corrected chi connectivity index (χ3v) is 4.15. The summed E-state index contributed by atoms with van der Waals surface area (Å²) in [6, 6.07) is 7.40. The van der Waals surface area contributed by atoms with Crippen LogP contribution in [0.2, 0.25) is 0 Å². The van der Waals surface area contributed by atoms with E-state index in [1.807, 2.05) is 0 Å². The van der Waals surface area contributed by atoms with E-state index < -0.39 is 29.4 Å². The zero-order valence-electron chi connectivity index (χ0n) is 15.0. The van der Waals surface area contributed by atoms with Crippen LogP contribution in [0.3, 0.4) is 0 Å². The van der Waals surface area contributed by atoms with E-state index in [0.29, 0.717) is 5.69 Å². The molecule has 2 aromatic heterocycles. The Morgan fingerprint density at radius 1 is 1.26 bits per heavy atom. The maximum atomic E-state index is 12.9. The SMILES string of the molecule is CCC(Oc1cc(Br)nc(C(F)(F)F)c1)C(=O)NC(C)(C)c1ccccn1. The largest absolute Gasteiger partial charge is 0.480 e. The molecule has 1 N–H and O–H groups in total. The lowest BCUT2D eigenvalue weighted by molar-refractivity contribution is -0.141.